The Morgan fingerprint density at radius 3 is 2.90 bits per heavy atom. The SMILES string of the molecule is O=C(O)CC(Cc1cc(OCCc2ccc3c(n2)NCCC3)n[nH]1)c1ccccc1. The van der Waals surface area contributed by atoms with Crippen molar-refractivity contribution in [1.29, 1.82) is 0 Å². The van der Waals surface area contributed by atoms with E-state index >= 15 is 0 Å². The van der Waals surface area contributed by atoms with Crippen LogP contribution in [0.3, 0.4) is 0 Å². The van der Waals surface area contributed by atoms with Gasteiger partial charge in [-0.25, -0.2) is 4.98 Å². The summed E-state index contributed by atoms with van der Waals surface area (Å²) in [7, 11) is 0. The number of rotatable bonds is 9. The number of H-pyrrole nitrogens is 1. The topological polar surface area (TPSA) is 100 Å². The van der Waals surface area contributed by atoms with Crippen molar-refractivity contribution < 1.29 is 14.6 Å². The molecule has 156 valence electrons. The van der Waals surface area contributed by atoms with Gasteiger partial charge in [0.25, 0.3) is 0 Å². The average Bonchev–Trinajstić information content (AvgIpc) is 3.21. The summed E-state index contributed by atoms with van der Waals surface area (Å²) in [6, 6.07) is 15.7. The Bertz CT molecular complexity index is 987. The summed E-state index contributed by atoms with van der Waals surface area (Å²) < 4.78 is 5.78. The number of nitrogens with zero attached hydrogens (tertiary/aromatic N) is 2. The van der Waals surface area contributed by atoms with Crippen molar-refractivity contribution in [3.05, 3.63) is 71.0 Å². The maximum Gasteiger partial charge on any atom is 0.303 e. The highest BCUT2D eigenvalue weighted by atomic mass is 16.5. The standard InChI is InChI=1S/C23H26N4O3/c28-22(29)14-18(16-5-2-1-3-6-16)13-20-15-21(27-26-20)30-12-10-19-9-8-17-7-4-11-24-23(17)25-19/h1-3,5-6,8-9,15,18H,4,7,10-14H2,(H,24,25)(H,26,27)(H,28,29). The number of carbonyl (C=O) groups is 1. The molecule has 3 aromatic rings. The predicted octanol–water partition coefficient (Wildman–Crippen LogP) is 3.59. The molecule has 0 amide bonds. The van der Waals surface area contributed by atoms with Crippen LogP contribution >= 0.6 is 0 Å². The minimum atomic E-state index is -0.813. The fraction of sp³-hybridized carbons (Fsp3) is 0.348. The van der Waals surface area contributed by atoms with E-state index in [-0.39, 0.29) is 12.3 Å². The first-order chi connectivity index (χ1) is 14.7. The van der Waals surface area contributed by atoms with Gasteiger partial charge in [-0.15, -0.1) is 5.10 Å². The number of aliphatic carboxylic acids is 1. The monoisotopic (exact) mass is 406 g/mol. The molecule has 1 aliphatic heterocycles. The van der Waals surface area contributed by atoms with Gasteiger partial charge in [-0.3, -0.25) is 9.89 Å². The first kappa shape index (κ1) is 19.9. The largest absolute Gasteiger partial charge is 0.481 e. The van der Waals surface area contributed by atoms with Crippen LogP contribution in [0, 0.1) is 0 Å². The lowest BCUT2D eigenvalue weighted by atomic mass is 9.91. The van der Waals surface area contributed by atoms with Gasteiger partial charge in [0.15, 0.2) is 0 Å². The van der Waals surface area contributed by atoms with Crippen molar-refractivity contribution in [1.82, 2.24) is 15.2 Å². The molecule has 1 unspecified atom stereocenters. The molecule has 0 aliphatic carbocycles. The van der Waals surface area contributed by atoms with Crippen LogP contribution in [0.1, 0.15) is 41.3 Å². The van der Waals surface area contributed by atoms with Gasteiger partial charge in [0, 0.05) is 30.4 Å². The van der Waals surface area contributed by atoms with E-state index in [1.165, 1.54) is 5.56 Å². The first-order valence-electron chi connectivity index (χ1n) is 10.3. The van der Waals surface area contributed by atoms with Gasteiger partial charge >= 0.3 is 5.97 Å². The second-order valence-corrected chi connectivity index (χ2v) is 7.58. The molecule has 0 saturated heterocycles. The molecule has 30 heavy (non-hydrogen) atoms. The molecule has 7 heteroatoms. The number of pyridine rings is 1. The second kappa shape index (κ2) is 9.43. The number of benzene rings is 1. The Morgan fingerprint density at radius 1 is 1.20 bits per heavy atom. The summed E-state index contributed by atoms with van der Waals surface area (Å²) in [4.78, 5) is 16.0. The number of aromatic nitrogens is 3. The first-order valence-corrected chi connectivity index (χ1v) is 10.3. The Labute approximate surface area is 175 Å². The molecular formula is C23H26N4O3. The highest BCUT2D eigenvalue weighted by Gasteiger charge is 2.18. The summed E-state index contributed by atoms with van der Waals surface area (Å²) in [5.41, 5.74) is 4.13. The van der Waals surface area contributed by atoms with Crippen molar-refractivity contribution in [3.63, 3.8) is 0 Å². The average molecular weight is 406 g/mol. The molecule has 1 atom stereocenters. The highest BCUT2D eigenvalue weighted by molar-refractivity contribution is 5.68. The van der Waals surface area contributed by atoms with Gasteiger partial charge in [0.1, 0.15) is 5.82 Å². The molecule has 0 bridgehead atoms. The molecule has 4 rings (SSSR count). The third-order valence-electron chi connectivity index (χ3n) is 5.33. The molecule has 1 aliphatic rings. The van der Waals surface area contributed by atoms with E-state index in [0.717, 1.165) is 42.2 Å². The summed E-state index contributed by atoms with van der Waals surface area (Å²) in [6.45, 7) is 1.45. The van der Waals surface area contributed by atoms with Crippen LogP contribution < -0.4 is 10.1 Å². The molecule has 7 nitrogen and oxygen atoms in total. The molecular weight excluding hydrogens is 380 g/mol. The number of carboxylic acid groups (broad SMARTS) is 1. The van der Waals surface area contributed by atoms with Gasteiger partial charge in [-0.05, 0) is 42.4 Å². The molecule has 0 radical (unpaired) electrons. The van der Waals surface area contributed by atoms with Crippen LogP contribution in [-0.4, -0.2) is 39.4 Å². The number of hydrogen-bond acceptors (Lipinski definition) is 5. The molecule has 3 heterocycles. The van der Waals surface area contributed by atoms with Gasteiger partial charge in [0.05, 0.1) is 13.0 Å². The van der Waals surface area contributed by atoms with Gasteiger partial charge in [-0.1, -0.05) is 36.4 Å². The molecule has 0 spiro atoms. The summed E-state index contributed by atoms with van der Waals surface area (Å²) in [5, 5.41) is 19.8. The molecule has 0 fully saturated rings. The molecule has 3 N–H and O–H groups in total. The lowest BCUT2D eigenvalue weighted by Gasteiger charge is -2.17. The highest BCUT2D eigenvalue weighted by Crippen LogP contribution is 2.25. The number of nitrogens with one attached hydrogen (secondary N) is 2. The minimum absolute atomic E-state index is 0.0667. The van der Waals surface area contributed by atoms with Crippen LogP contribution in [0.25, 0.3) is 0 Å². The summed E-state index contributed by atoms with van der Waals surface area (Å²) in [5.74, 6) is 0.575. The van der Waals surface area contributed by atoms with Gasteiger partial charge in [0.2, 0.25) is 5.88 Å². The van der Waals surface area contributed by atoms with E-state index in [4.69, 9.17) is 4.74 Å². The number of carboxylic acids is 1. The van der Waals surface area contributed by atoms with Crippen molar-refractivity contribution in [3.8, 4) is 5.88 Å². The third-order valence-corrected chi connectivity index (χ3v) is 5.33. The van der Waals surface area contributed by atoms with Crippen molar-refractivity contribution in [2.24, 2.45) is 0 Å². The fourth-order valence-corrected chi connectivity index (χ4v) is 3.80. The van der Waals surface area contributed by atoms with Crippen molar-refractivity contribution in [2.75, 3.05) is 18.5 Å². The maximum atomic E-state index is 11.3. The Morgan fingerprint density at radius 2 is 2.07 bits per heavy atom. The molecule has 1 aromatic carbocycles. The van der Waals surface area contributed by atoms with Crippen LogP contribution in [-0.2, 0) is 24.1 Å². The number of aryl methyl sites for hydroxylation is 1. The summed E-state index contributed by atoms with van der Waals surface area (Å²) in [6.07, 6.45) is 3.55. The second-order valence-electron chi connectivity index (χ2n) is 7.58. The van der Waals surface area contributed by atoms with Crippen LogP contribution in [0.4, 0.5) is 5.82 Å². The molecule has 0 saturated carbocycles. The molecule has 2 aromatic heterocycles. The zero-order valence-corrected chi connectivity index (χ0v) is 16.8. The van der Waals surface area contributed by atoms with Crippen LogP contribution in [0.2, 0.25) is 0 Å². The van der Waals surface area contributed by atoms with Crippen LogP contribution in [0.15, 0.2) is 48.5 Å². The van der Waals surface area contributed by atoms with Gasteiger partial charge in [-0.2, -0.15) is 0 Å². The van der Waals surface area contributed by atoms with E-state index in [0.29, 0.717) is 25.3 Å². The lowest BCUT2D eigenvalue weighted by molar-refractivity contribution is -0.137. The Balaban J connectivity index is 1.33. The van der Waals surface area contributed by atoms with E-state index in [1.807, 2.05) is 36.4 Å². The normalized spacial score (nSPS) is 13.9. The Hall–Kier alpha value is -3.35. The van der Waals surface area contributed by atoms with E-state index in [9.17, 15) is 9.90 Å². The quantitative estimate of drug-likeness (QED) is 0.502. The number of fused-ring (bicyclic) bond motifs is 1. The summed E-state index contributed by atoms with van der Waals surface area (Å²) >= 11 is 0. The Kier molecular flexibility index (Phi) is 6.27. The lowest BCUT2D eigenvalue weighted by Crippen LogP contribution is -2.14. The van der Waals surface area contributed by atoms with E-state index < -0.39 is 5.97 Å². The van der Waals surface area contributed by atoms with Crippen LogP contribution in [0.5, 0.6) is 5.88 Å². The van der Waals surface area contributed by atoms with E-state index in [1.54, 1.807) is 0 Å². The smallest absolute Gasteiger partial charge is 0.303 e. The maximum absolute atomic E-state index is 11.3. The van der Waals surface area contributed by atoms with Crippen molar-refractivity contribution >= 4 is 11.8 Å². The van der Waals surface area contributed by atoms with E-state index in [2.05, 4.69) is 32.6 Å². The van der Waals surface area contributed by atoms with Gasteiger partial charge < -0.3 is 15.2 Å². The number of ether oxygens (including phenoxy) is 1. The fourth-order valence-electron chi connectivity index (χ4n) is 3.80. The third kappa shape index (κ3) is 5.17. The zero-order valence-electron chi connectivity index (χ0n) is 16.8. The number of anilines is 1. The number of hydrogen-bond donors (Lipinski definition) is 3. The predicted molar refractivity (Wildman–Crippen MR) is 114 cm³/mol. The van der Waals surface area contributed by atoms with Crippen molar-refractivity contribution in [2.45, 2.75) is 38.0 Å². The number of aromatic amines is 1. The minimum Gasteiger partial charge on any atom is -0.481 e. The zero-order chi connectivity index (χ0) is 20.8.